The van der Waals surface area contributed by atoms with Crippen LogP contribution in [0.5, 0.6) is 0 Å². The average Bonchev–Trinajstić information content (AvgIpc) is 3.16. The summed E-state index contributed by atoms with van der Waals surface area (Å²) in [5, 5.41) is 2.75. The molecule has 2 amide bonds. The predicted molar refractivity (Wildman–Crippen MR) is 112 cm³/mol. The van der Waals surface area contributed by atoms with Gasteiger partial charge < -0.3 is 5.32 Å². The van der Waals surface area contributed by atoms with Crippen LogP contribution in [-0.2, 0) is 15.8 Å². The molecule has 0 unspecified atom stereocenters. The second-order valence-electron chi connectivity index (χ2n) is 7.91. The van der Waals surface area contributed by atoms with E-state index in [0.717, 1.165) is 42.7 Å². The van der Waals surface area contributed by atoms with E-state index in [1.807, 2.05) is 0 Å². The fourth-order valence-electron chi connectivity index (χ4n) is 3.83. The molecule has 1 atom stereocenters. The van der Waals surface area contributed by atoms with Gasteiger partial charge in [0.25, 0.3) is 0 Å². The van der Waals surface area contributed by atoms with Crippen LogP contribution >= 0.6 is 11.3 Å². The van der Waals surface area contributed by atoms with Gasteiger partial charge in [0.15, 0.2) is 6.04 Å². The van der Waals surface area contributed by atoms with Gasteiger partial charge in [-0.05, 0) is 56.2 Å². The lowest BCUT2D eigenvalue weighted by Gasteiger charge is -2.33. The van der Waals surface area contributed by atoms with E-state index in [4.69, 9.17) is 0 Å². The molecule has 1 aliphatic carbocycles. The number of aryl methyl sites for hydroxylation is 1. The number of rotatable bonds is 5. The van der Waals surface area contributed by atoms with Gasteiger partial charge in [0, 0.05) is 21.5 Å². The first-order chi connectivity index (χ1) is 15.4. The van der Waals surface area contributed by atoms with Gasteiger partial charge in [-0.1, -0.05) is 19.3 Å². The van der Waals surface area contributed by atoms with Crippen molar-refractivity contribution in [1.29, 1.82) is 0 Å². The highest BCUT2D eigenvalue weighted by atomic mass is 32.1. The van der Waals surface area contributed by atoms with Crippen molar-refractivity contribution >= 4 is 28.8 Å². The summed E-state index contributed by atoms with van der Waals surface area (Å²) >= 11 is 1.04. The Morgan fingerprint density at radius 1 is 0.970 bits per heavy atom. The fraction of sp³-hybridized carbons (Fsp3) is 0.455. The molecule has 1 aromatic carbocycles. The minimum Gasteiger partial charge on any atom is -0.351 e. The molecule has 0 spiro atoms. The molecule has 2 aromatic rings. The molecule has 0 bridgehead atoms. The van der Waals surface area contributed by atoms with Crippen LogP contribution in [0.1, 0.15) is 53.5 Å². The van der Waals surface area contributed by atoms with E-state index in [-0.39, 0.29) is 15.8 Å². The maximum atomic E-state index is 13.6. The molecule has 0 radical (unpaired) electrons. The number of alkyl halides is 6. The van der Waals surface area contributed by atoms with Gasteiger partial charge in [-0.25, -0.2) is 0 Å². The quantitative estimate of drug-likeness (QED) is 0.508. The second kappa shape index (κ2) is 9.74. The zero-order valence-electron chi connectivity index (χ0n) is 17.6. The van der Waals surface area contributed by atoms with E-state index in [0.29, 0.717) is 29.9 Å². The number of halogens is 6. The molecule has 0 aliphatic heterocycles. The van der Waals surface area contributed by atoms with Crippen LogP contribution in [0.25, 0.3) is 0 Å². The summed E-state index contributed by atoms with van der Waals surface area (Å²) in [5.74, 6) is -3.14. The smallest absolute Gasteiger partial charge is 0.351 e. The molecule has 1 fully saturated rings. The minimum atomic E-state index is -5.35. The van der Waals surface area contributed by atoms with Crippen molar-refractivity contribution in [2.75, 3.05) is 4.90 Å². The van der Waals surface area contributed by atoms with Crippen molar-refractivity contribution in [1.82, 2.24) is 5.32 Å². The molecule has 1 N–H and O–H groups in total. The van der Waals surface area contributed by atoms with E-state index in [1.165, 1.54) is 6.07 Å². The number of hydrogen-bond donors (Lipinski definition) is 1. The molecule has 1 aliphatic rings. The van der Waals surface area contributed by atoms with Crippen molar-refractivity contribution in [3.8, 4) is 0 Å². The zero-order valence-corrected chi connectivity index (χ0v) is 18.4. The summed E-state index contributed by atoms with van der Waals surface area (Å²) < 4.78 is 79.6. The topological polar surface area (TPSA) is 49.4 Å². The first-order valence-electron chi connectivity index (χ1n) is 10.3. The molecule has 1 saturated carbocycles. The third-order valence-electron chi connectivity index (χ3n) is 5.42. The van der Waals surface area contributed by atoms with Crippen LogP contribution in [0, 0.1) is 6.92 Å². The predicted octanol–water partition coefficient (Wildman–Crippen LogP) is 6.16. The number of nitrogens with zero attached hydrogens (tertiary/aromatic N) is 1. The van der Waals surface area contributed by atoms with Gasteiger partial charge in [-0.2, -0.15) is 26.3 Å². The van der Waals surface area contributed by atoms with Crippen molar-refractivity contribution < 1.29 is 35.9 Å². The number of nitrogens with one attached hydrogen (secondary N) is 1. The molecule has 1 heterocycles. The Balaban J connectivity index is 2.06. The summed E-state index contributed by atoms with van der Waals surface area (Å²) in [6.07, 6.45) is -6.02. The summed E-state index contributed by atoms with van der Waals surface area (Å²) in [4.78, 5) is 26.8. The Morgan fingerprint density at radius 2 is 1.58 bits per heavy atom. The molecule has 33 heavy (non-hydrogen) atoms. The first kappa shape index (κ1) is 25.1. The van der Waals surface area contributed by atoms with Crippen molar-refractivity contribution in [3.05, 3.63) is 51.7 Å². The lowest BCUT2D eigenvalue weighted by atomic mass is 9.95. The van der Waals surface area contributed by atoms with Crippen LogP contribution in [0.4, 0.5) is 32.0 Å². The number of carbonyl (C=O) groups is 2. The number of thiophene rings is 1. The molecular formula is C22H22F6N2O2S. The highest BCUT2D eigenvalue weighted by Gasteiger charge is 2.48. The first-order valence-corrected chi connectivity index (χ1v) is 11.1. The average molecular weight is 492 g/mol. The highest BCUT2D eigenvalue weighted by molar-refractivity contribution is 7.12. The van der Waals surface area contributed by atoms with Crippen molar-refractivity contribution in [2.24, 2.45) is 0 Å². The van der Waals surface area contributed by atoms with Gasteiger partial charge in [-0.15, -0.1) is 11.3 Å². The van der Waals surface area contributed by atoms with Gasteiger partial charge in [0.2, 0.25) is 5.91 Å². The zero-order chi connectivity index (χ0) is 24.4. The maximum Gasteiger partial charge on any atom is 0.471 e. The normalized spacial score (nSPS) is 16.3. The van der Waals surface area contributed by atoms with Crippen LogP contribution in [-0.4, -0.2) is 24.0 Å². The third-order valence-corrected chi connectivity index (χ3v) is 6.48. The lowest BCUT2D eigenvalue weighted by Crippen LogP contribution is -2.50. The van der Waals surface area contributed by atoms with Crippen molar-refractivity contribution in [3.63, 3.8) is 0 Å². The number of hydrogen-bond acceptors (Lipinski definition) is 3. The number of anilines is 1. The number of amides is 2. The minimum absolute atomic E-state index is 0.179. The summed E-state index contributed by atoms with van der Waals surface area (Å²) in [7, 11) is 0. The Morgan fingerprint density at radius 3 is 2.06 bits per heavy atom. The number of carbonyl (C=O) groups excluding carboxylic acids is 2. The second-order valence-corrected chi connectivity index (χ2v) is 9.23. The third kappa shape index (κ3) is 6.07. The van der Waals surface area contributed by atoms with E-state index in [9.17, 15) is 35.9 Å². The van der Waals surface area contributed by atoms with E-state index >= 15 is 0 Å². The monoisotopic (exact) mass is 492 g/mol. The number of benzene rings is 1. The fourth-order valence-corrected chi connectivity index (χ4v) is 4.80. The molecular weight excluding hydrogens is 470 g/mol. The Bertz CT molecular complexity index is 978. The molecule has 11 heteroatoms. The lowest BCUT2D eigenvalue weighted by molar-refractivity contribution is -0.171. The Hall–Kier alpha value is -2.56. The summed E-state index contributed by atoms with van der Waals surface area (Å²) in [5.41, 5.74) is -1.54. The van der Waals surface area contributed by atoms with Crippen LogP contribution in [0.15, 0.2) is 36.4 Å². The van der Waals surface area contributed by atoms with Gasteiger partial charge in [-0.3, -0.25) is 14.5 Å². The van der Waals surface area contributed by atoms with Crippen molar-refractivity contribution in [2.45, 2.75) is 63.5 Å². The summed E-state index contributed by atoms with van der Waals surface area (Å²) in [6.45, 7) is 1.69. The Kier molecular flexibility index (Phi) is 7.40. The van der Waals surface area contributed by atoms with Crippen LogP contribution in [0.2, 0.25) is 0 Å². The molecule has 4 nitrogen and oxygen atoms in total. The largest absolute Gasteiger partial charge is 0.471 e. The molecule has 180 valence electrons. The van der Waals surface area contributed by atoms with Crippen LogP contribution < -0.4 is 10.2 Å². The summed E-state index contributed by atoms with van der Waals surface area (Å²) in [6, 6.07) is 3.84. The molecule has 1 aromatic heterocycles. The standard InChI is InChI=1S/C22H22F6N2O2S/c1-13-7-12-17(33-13)18(19(31)29-15-5-3-2-4-6-15)30(20(32)22(26,27)28)16-10-8-14(9-11-16)21(23,24)25/h7-12,15,18H,2-6H2,1H3,(H,29,31)/t18-/m1/s1. The molecule has 3 rings (SSSR count). The van der Waals surface area contributed by atoms with E-state index in [2.05, 4.69) is 5.32 Å². The van der Waals surface area contributed by atoms with E-state index in [1.54, 1.807) is 13.0 Å². The highest BCUT2D eigenvalue weighted by Crippen LogP contribution is 2.37. The maximum absolute atomic E-state index is 13.6. The van der Waals surface area contributed by atoms with Crippen LogP contribution in [0.3, 0.4) is 0 Å². The van der Waals surface area contributed by atoms with Gasteiger partial charge >= 0.3 is 18.3 Å². The molecule has 0 saturated heterocycles. The van der Waals surface area contributed by atoms with E-state index < -0.39 is 41.5 Å². The van der Waals surface area contributed by atoms with Gasteiger partial charge in [0.1, 0.15) is 0 Å². The SMILES string of the molecule is Cc1ccc([C@H](C(=O)NC2CCCCC2)N(C(=O)C(F)(F)F)c2ccc(C(F)(F)F)cc2)s1. The Labute approximate surface area is 190 Å². The van der Waals surface area contributed by atoms with Gasteiger partial charge in [0.05, 0.1) is 5.56 Å².